The highest BCUT2D eigenvalue weighted by molar-refractivity contribution is 9.10. The number of hydrogen-bond donors (Lipinski definition) is 1. The van der Waals surface area contributed by atoms with Crippen LogP contribution in [0.3, 0.4) is 0 Å². The molecule has 1 N–H and O–H groups in total. The van der Waals surface area contributed by atoms with Gasteiger partial charge in [-0.15, -0.1) is 0 Å². The second-order valence-corrected chi connectivity index (χ2v) is 4.20. The van der Waals surface area contributed by atoms with E-state index in [9.17, 15) is 0 Å². The van der Waals surface area contributed by atoms with Gasteiger partial charge >= 0.3 is 0 Å². The second-order valence-electron chi connectivity index (χ2n) is 3.29. The zero-order valence-electron chi connectivity index (χ0n) is 7.29. The molecule has 70 valence electrons. The van der Waals surface area contributed by atoms with Crippen molar-refractivity contribution in [2.24, 2.45) is 5.92 Å². The third-order valence-electron chi connectivity index (χ3n) is 2.17. The Bertz CT molecular complexity index is 269. The van der Waals surface area contributed by atoms with Gasteiger partial charge in [-0.25, -0.2) is 0 Å². The van der Waals surface area contributed by atoms with Crippen LogP contribution >= 0.6 is 15.9 Å². The minimum atomic E-state index is 0.698. The average molecular weight is 242 g/mol. The van der Waals surface area contributed by atoms with E-state index in [1.54, 1.807) is 0 Å². The van der Waals surface area contributed by atoms with Gasteiger partial charge < -0.3 is 10.1 Å². The van der Waals surface area contributed by atoms with E-state index in [1.807, 2.05) is 24.3 Å². The summed E-state index contributed by atoms with van der Waals surface area (Å²) in [6.07, 6.45) is 0. The van der Waals surface area contributed by atoms with Crippen molar-refractivity contribution in [1.82, 2.24) is 5.32 Å². The summed E-state index contributed by atoms with van der Waals surface area (Å²) in [6, 6.07) is 7.95. The van der Waals surface area contributed by atoms with Crippen LogP contribution in [-0.4, -0.2) is 19.7 Å². The first-order valence-corrected chi connectivity index (χ1v) is 5.23. The lowest BCUT2D eigenvalue weighted by atomic mass is 10.1. The zero-order chi connectivity index (χ0) is 9.10. The molecule has 1 aromatic carbocycles. The molecular formula is C10H12BrNO. The molecule has 1 fully saturated rings. The van der Waals surface area contributed by atoms with Crippen LogP contribution in [0.15, 0.2) is 28.7 Å². The van der Waals surface area contributed by atoms with Gasteiger partial charge in [-0.1, -0.05) is 15.9 Å². The summed E-state index contributed by atoms with van der Waals surface area (Å²) < 4.78 is 6.69. The number of rotatable bonds is 3. The Hall–Kier alpha value is -0.540. The lowest BCUT2D eigenvalue weighted by Gasteiger charge is -2.26. The molecule has 0 saturated carbocycles. The number of benzene rings is 1. The Morgan fingerprint density at radius 1 is 1.31 bits per heavy atom. The van der Waals surface area contributed by atoms with Crippen molar-refractivity contribution in [3.8, 4) is 5.75 Å². The van der Waals surface area contributed by atoms with Gasteiger partial charge in [0.2, 0.25) is 0 Å². The van der Waals surface area contributed by atoms with Gasteiger partial charge in [0.05, 0.1) is 6.61 Å². The molecule has 0 radical (unpaired) electrons. The van der Waals surface area contributed by atoms with Gasteiger partial charge in [0, 0.05) is 23.5 Å². The van der Waals surface area contributed by atoms with Crippen LogP contribution in [0.2, 0.25) is 0 Å². The van der Waals surface area contributed by atoms with Crippen LogP contribution in [0.4, 0.5) is 0 Å². The molecule has 0 unspecified atom stereocenters. The topological polar surface area (TPSA) is 21.3 Å². The molecule has 13 heavy (non-hydrogen) atoms. The largest absolute Gasteiger partial charge is 0.493 e. The zero-order valence-corrected chi connectivity index (χ0v) is 8.88. The highest BCUT2D eigenvalue weighted by atomic mass is 79.9. The molecule has 0 aromatic heterocycles. The van der Waals surface area contributed by atoms with Gasteiger partial charge in [0.1, 0.15) is 5.75 Å². The maximum Gasteiger partial charge on any atom is 0.119 e. The van der Waals surface area contributed by atoms with Crippen LogP contribution in [0.25, 0.3) is 0 Å². The normalized spacial score (nSPS) is 16.7. The molecule has 1 heterocycles. The molecule has 0 aliphatic carbocycles. The van der Waals surface area contributed by atoms with Crippen molar-refractivity contribution in [2.45, 2.75) is 0 Å². The van der Waals surface area contributed by atoms with Crippen LogP contribution < -0.4 is 10.1 Å². The van der Waals surface area contributed by atoms with Crippen LogP contribution in [0.5, 0.6) is 5.75 Å². The molecule has 0 amide bonds. The molecular weight excluding hydrogens is 230 g/mol. The van der Waals surface area contributed by atoms with E-state index in [2.05, 4.69) is 21.2 Å². The Morgan fingerprint density at radius 3 is 2.54 bits per heavy atom. The highest BCUT2D eigenvalue weighted by Gasteiger charge is 2.16. The molecule has 1 aliphatic rings. The van der Waals surface area contributed by atoms with E-state index in [0.717, 1.165) is 29.9 Å². The summed E-state index contributed by atoms with van der Waals surface area (Å²) in [5.41, 5.74) is 0. The third-order valence-corrected chi connectivity index (χ3v) is 2.69. The summed E-state index contributed by atoms with van der Waals surface area (Å²) in [7, 11) is 0. The lowest BCUT2D eigenvalue weighted by molar-refractivity contribution is 0.199. The Balaban J connectivity index is 1.83. The van der Waals surface area contributed by atoms with Crippen LogP contribution in [-0.2, 0) is 0 Å². The van der Waals surface area contributed by atoms with E-state index < -0.39 is 0 Å². The quantitative estimate of drug-likeness (QED) is 0.875. The third kappa shape index (κ3) is 2.45. The number of halogens is 1. The SMILES string of the molecule is Brc1ccc(OCC2CNC2)cc1. The minimum Gasteiger partial charge on any atom is -0.493 e. The fraction of sp³-hybridized carbons (Fsp3) is 0.400. The Labute approximate surface area is 86.4 Å². The molecule has 0 bridgehead atoms. The smallest absolute Gasteiger partial charge is 0.119 e. The predicted octanol–water partition coefficient (Wildman–Crippen LogP) is 2.05. The minimum absolute atomic E-state index is 0.698. The number of nitrogens with one attached hydrogen (secondary N) is 1. The van der Waals surface area contributed by atoms with E-state index in [0.29, 0.717) is 5.92 Å². The van der Waals surface area contributed by atoms with Gasteiger partial charge in [-0.3, -0.25) is 0 Å². The molecule has 1 aromatic rings. The molecule has 1 aliphatic heterocycles. The van der Waals surface area contributed by atoms with E-state index in [1.165, 1.54) is 0 Å². The van der Waals surface area contributed by atoms with E-state index in [4.69, 9.17) is 4.74 Å². The Kier molecular flexibility index (Phi) is 2.86. The van der Waals surface area contributed by atoms with E-state index in [-0.39, 0.29) is 0 Å². The summed E-state index contributed by atoms with van der Waals surface area (Å²) in [6.45, 7) is 3.02. The van der Waals surface area contributed by atoms with Gasteiger partial charge in [-0.05, 0) is 24.3 Å². The standard InChI is InChI=1S/C10H12BrNO/c11-9-1-3-10(4-2-9)13-7-8-5-12-6-8/h1-4,8,12H,5-7H2. The number of ether oxygens (including phenoxy) is 1. The van der Waals surface area contributed by atoms with Gasteiger partial charge in [0.25, 0.3) is 0 Å². The summed E-state index contributed by atoms with van der Waals surface area (Å²) in [5, 5.41) is 3.22. The van der Waals surface area contributed by atoms with Crippen LogP contribution in [0, 0.1) is 5.92 Å². The fourth-order valence-electron chi connectivity index (χ4n) is 1.21. The van der Waals surface area contributed by atoms with Crippen molar-refractivity contribution in [3.63, 3.8) is 0 Å². The first-order valence-electron chi connectivity index (χ1n) is 4.44. The maximum atomic E-state index is 5.60. The predicted molar refractivity (Wildman–Crippen MR) is 56.0 cm³/mol. The van der Waals surface area contributed by atoms with Gasteiger partial charge in [-0.2, -0.15) is 0 Å². The summed E-state index contributed by atoms with van der Waals surface area (Å²) >= 11 is 3.38. The van der Waals surface area contributed by atoms with Crippen molar-refractivity contribution >= 4 is 15.9 Å². The van der Waals surface area contributed by atoms with Crippen molar-refractivity contribution < 1.29 is 4.74 Å². The summed E-state index contributed by atoms with van der Waals surface area (Å²) in [4.78, 5) is 0. The monoisotopic (exact) mass is 241 g/mol. The first-order chi connectivity index (χ1) is 6.34. The van der Waals surface area contributed by atoms with Crippen molar-refractivity contribution in [1.29, 1.82) is 0 Å². The molecule has 1 saturated heterocycles. The highest BCUT2D eigenvalue weighted by Crippen LogP contribution is 2.17. The second kappa shape index (κ2) is 4.11. The van der Waals surface area contributed by atoms with Crippen molar-refractivity contribution in [3.05, 3.63) is 28.7 Å². The first kappa shape index (κ1) is 9.03. The average Bonchev–Trinajstić information content (AvgIpc) is 2.05. The summed E-state index contributed by atoms with van der Waals surface area (Å²) in [5.74, 6) is 1.65. The van der Waals surface area contributed by atoms with Gasteiger partial charge in [0.15, 0.2) is 0 Å². The van der Waals surface area contributed by atoms with Crippen molar-refractivity contribution in [2.75, 3.05) is 19.7 Å². The maximum absolute atomic E-state index is 5.60. The van der Waals surface area contributed by atoms with E-state index >= 15 is 0 Å². The number of hydrogen-bond acceptors (Lipinski definition) is 2. The van der Waals surface area contributed by atoms with Crippen LogP contribution in [0.1, 0.15) is 0 Å². The molecule has 2 rings (SSSR count). The molecule has 2 nitrogen and oxygen atoms in total. The lowest BCUT2D eigenvalue weighted by Crippen LogP contribution is -2.45. The molecule has 0 spiro atoms. The molecule has 3 heteroatoms. The fourth-order valence-corrected chi connectivity index (χ4v) is 1.48. The molecule has 0 atom stereocenters. The Morgan fingerprint density at radius 2 is 2.00 bits per heavy atom.